The van der Waals surface area contributed by atoms with E-state index in [0.29, 0.717) is 11.0 Å². The van der Waals surface area contributed by atoms with Gasteiger partial charge in [-0.15, -0.1) is 0 Å². The molecule has 0 saturated heterocycles. The monoisotopic (exact) mass is 328 g/mol. The van der Waals surface area contributed by atoms with Gasteiger partial charge in [-0.1, -0.05) is 49.4 Å². The molecule has 0 unspecified atom stereocenters. The smallest absolute Gasteiger partial charge is 0.230 e. The third-order valence-electron chi connectivity index (χ3n) is 3.60. The second-order valence-corrected chi connectivity index (χ2v) is 6.75. The van der Waals surface area contributed by atoms with Crippen LogP contribution in [0.3, 0.4) is 0 Å². The van der Waals surface area contributed by atoms with Crippen molar-refractivity contribution in [3.63, 3.8) is 0 Å². The van der Waals surface area contributed by atoms with Gasteiger partial charge in [0.25, 0.3) is 0 Å². The maximum atomic E-state index is 12.9. The fraction of sp³-hybridized carbons (Fsp3) is 0.222. The number of fused-ring (bicyclic) bond motifs is 1. The number of hydrogen-bond acceptors (Lipinski definition) is 3. The molecule has 118 valence electrons. The molecule has 2 aromatic carbocycles. The van der Waals surface area contributed by atoms with E-state index in [9.17, 15) is 9.18 Å². The van der Waals surface area contributed by atoms with Gasteiger partial charge in [0.15, 0.2) is 5.13 Å². The standard InChI is InChI=1S/C18H17FN2OS/c1-11(2)14-4-3-5-15-17(14)21-18(23-15)20-16(22)10-12-6-8-13(19)9-7-12/h3-9,11H,10H2,1-2H3,(H,20,21,22). The number of hydrogen-bond donors (Lipinski definition) is 1. The molecule has 1 aromatic heterocycles. The number of rotatable bonds is 4. The highest BCUT2D eigenvalue weighted by atomic mass is 32.1. The van der Waals surface area contributed by atoms with Crippen LogP contribution in [0.1, 0.15) is 30.9 Å². The van der Waals surface area contributed by atoms with Gasteiger partial charge in [-0.25, -0.2) is 9.37 Å². The first-order valence-corrected chi connectivity index (χ1v) is 8.28. The molecule has 23 heavy (non-hydrogen) atoms. The molecular weight excluding hydrogens is 311 g/mol. The van der Waals surface area contributed by atoms with Gasteiger partial charge >= 0.3 is 0 Å². The summed E-state index contributed by atoms with van der Waals surface area (Å²) >= 11 is 1.47. The quantitative estimate of drug-likeness (QED) is 0.751. The molecule has 3 nitrogen and oxygen atoms in total. The van der Waals surface area contributed by atoms with Gasteiger partial charge in [-0.2, -0.15) is 0 Å². The average molecular weight is 328 g/mol. The number of para-hydroxylation sites is 1. The molecule has 0 bridgehead atoms. The van der Waals surface area contributed by atoms with E-state index in [-0.39, 0.29) is 18.1 Å². The number of halogens is 1. The second kappa shape index (κ2) is 6.46. The van der Waals surface area contributed by atoms with Gasteiger partial charge in [-0.3, -0.25) is 4.79 Å². The molecule has 0 radical (unpaired) electrons. The molecule has 5 heteroatoms. The number of benzene rings is 2. The first kappa shape index (κ1) is 15.6. The van der Waals surface area contributed by atoms with Crippen molar-refractivity contribution in [3.05, 3.63) is 59.4 Å². The highest BCUT2D eigenvalue weighted by Crippen LogP contribution is 2.31. The van der Waals surface area contributed by atoms with Gasteiger partial charge in [0.05, 0.1) is 16.6 Å². The van der Waals surface area contributed by atoms with Crippen molar-refractivity contribution >= 4 is 32.6 Å². The summed E-state index contributed by atoms with van der Waals surface area (Å²) in [7, 11) is 0. The summed E-state index contributed by atoms with van der Waals surface area (Å²) in [5.41, 5.74) is 2.90. The summed E-state index contributed by atoms with van der Waals surface area (Å²) in [5, 5.41) is 3.43. The third kappa shape index (κ3) is 3.56. The van der Waals surface area contributed by atoms with Crippen LogP contribution in [-0.2, 0) is 11.2 Å². The SMILES string of the molecule is CC(C)c1cccc2sc(NC(=O)Cc3ccc(F)cc3)nc12. The van der Waals surface area contributed by atoms with E-state index in [1.807, 2.05) is 12.1 Å². The van der Waals surface area contributed by atoms with E-state index >= 15 is 0 Å². The number of amides is 1. The van der Waals surface area contributed by atoms with Crippen molar-refractivity contribution in [2.24, 2.45) is 0 Å². The summed E-state index contributed by atoms with van der Waals surface area (Å²) in [6.07, 6.45) is 0.202. The van der Waals surface area contributed by atoms with Crippen molar-refractivity contribution in [2.45, 2.75) is 26.2 Å². The first-order chi connectivity index (χ1) is 11.0. The second-order valence-electron chi connectivity index (χ2n) is 5.72. The van der Waals surface area contributed by atoms with Crippen LogP contribution in [0.25, 0.3) is 10.2 Å². The fourth-order valence-corrected chi connectivity index (χ4v) is 3.36. The topological polar surface area (TPSA) is 42.0 Å². The summed E-state index contributed by atoms with van der Waals surface area (Å²) in [6.45, 7) is 4.25. The minimum absolute atomic E-state index is 0.151. The number of aromatic nitrogens is 1. The first-order valence-electron chi connectivity index (χ1n) is 7.46. The lowest BCUT2D eigenvalue weighted by Crippen LogP contribution is -2.14. The van der Waals surface area contributed by atoms with Crippen molar-refractivity contribution < 1.29 is 9.18 Å². The van der Waals surface area contributed by atoms with Crippen LogP contribution < -0.4 is 5.32 Å². The minimum Gasteiger partial charge on any atom is -0.302 e. The Labute approximate surface area is 138 Å². The molecule has 3 rings (SSSR count). The van der Waals surface area contributed by atoms with E-state index in [1.165, 1.54) is 29.0 Å². The molecule has 0 aliphatic carbocycles. The van der Waals surface area contributed by atoms with Crippen LogP contribution in [0.5, 0.6) is 0 Å². The van der Waals surface area contributed by atoms with Crippen LogP contribution in [0, 0.1) is 5.82 Å². The predicted molar refractivity (Wildman–Crippen MR) is 92.4 cm³/mol. The van der Waals surface area contributed by atoms with Crippen molar-refractivity contribution in [1.82, 2.24) is 4.98 Å². The normalized spacial score (nSPS) is 11.1. The Morgan fingerprint density at radius 2 is 1.96 bits per heavy atom. The van der Waals surface area contributed by atoms with Crippen molar-refractivity contribution in [3.8, 4) is 0 Å². The fourth-order valence-electron chi connectivity index (χ4n) is 2.44. The zero-order chi connectivity index (χ0) is 16.4. The molecule has 3 aromatic rings. The summed E-state index contributed by atoms with van der Waals surface area (Å²) in [5.74, 6) is -0.0770. The molecule has 0 aliphatic rings. The van der Waals surface area contributed by atoms with E-state index in [0.717, 1.165) is 15.8 Å². The molecule has 0 fully saturated rings. The Bertz CT molecular complexity index is 840. The Morgan fingerprint density at radius 1 is 1.22 bits per heavy atom. The molecule has 0 aliphatic heterocycles. The Kier molecular flexibility index (Phi) is 4.39. The molecule has 0 atom stereocenters. The lowest BCUT2D eigenvalue weighted by molar-refractivity contribution is -0.115. The molecule has 0 saturated carbocycles. The maximum absolute atomic E-state index is 12.9. The summed E-state index contributed by atoms with van der Waals surface area (Å²) in [6, 6.07) is 12.0. The number of anilines is 1. The molecular formula is C18H17FN2OS. The van der Waals surface area contributed by atoms with Crippen LogP contribution in [0.2, 0.25) is 0 Å². The van der Waals surface area contributed by atoms with Crippen LogP contribution in [0.4, 0.5) is 9.52 Å². The Balaban J connectivity index is 1.77. The summed E-state index contributed by atoms with van der Waals surface area (Å²) in [4.78, 5) is 16.7. The van der Waals surface area contributed by atoms with Gasteiger partial charge in [0, 0.05) is 0 Å². The van der Waals surface area contributed by atoms with E-state index < -0.39 is 0 Å². The zero-order valence-corrected chi connectivity index (χ0v) is 13.8. The van der Waals surface area contributed by atoms with Gasteiger partial charge < -0.3 is 5.32 Å². The number of carbonyl (C=O) groups is 1. The van der Waals surface area contributed by atoms with Gasteiger partial charge in [0.1, 0.15) is 5.82 Å². The predicted octanol–water partition coefficient (Wildman–Crippen LogP) is 4.74. The molecule has 1 heterocycles. The third-order valence-corrected chi connectivity index (χ3v) is 4.53. The van der Waals surface area contributed by atoms with Crippen molar-refractivity contribution in [2.75, 3.05) is 5.32 Å². The minimum atomic E-state index is -0.304. The van der Waals surface area contributed by atoms with Gasteiger partial charge in [0.2, 0.25) is 5.91 Å². The maximum Gasteiger partial charge on any atom is 0.230 e. The van der Waals surface area contributed by atoms with Crippen LogP contribution in [-0.4, -0.2) is 10.9 Å². The highest BCUT2D eigenvalue weighted by Gasteiger charge is 2.12. The average Bonchev–Trinajstić information content (AvgIpc) is 2.91. The van der Waals surface area contributed by atoms with Gasteiger partial charge in [-0.05, 0) is 35.2 Å². The highest BCUT2D eigenvalue weighted by molar-refractivity contribution is 7.22. The molecule has 0 spiro atoms. The molecule has 1 N–H and O–H groups in total. The van der Waals surface area contributed by atoms with Crippen LogP contribution >= 0.6 is 11.3 Å². The number of nitrogens with zero attached hydrogens (tertiary/aromatic N) is 1. The zero-order valence-electron chi connectivity index (χ0n) is 13.0. The number of thiazole rings is 1. The lowest BCUT2D eigenvalue weighted by atomic mass is 10.0. The number of carbonyl (C=O) groups excluding carboxylic acids is 1. The van der Waals surface area contributed by atoms with Crippen LogP contribution in [0.15, 0.2) is 42.5 Å². The molecule has 1 amide bonds. The largest absolute Gasteiger partial charge is 0.302 e. The Morgan fingerprint density at radius 3 is 2.65 bits per heavy atom. The number of nitrogens with one attached hydrogen (secondary N) is 1. The Hall–Kier alpha value is -2.27. The van der Waals surface area contributed by atoms with Crippen molar-refractivity contribution in [1.29, 1.82) is 0 Å². The van der Waals surface area contributed by atoms with E-state index in [4.69, 9.17) is 0 Å². The van der Waals surface area contributed by atoms with E-state index in [2.05, 4.69) is 30.2 Å². The summed E-state index contributed by atoms with van der Waals surface area (Å²) < 4.78 is 13.9. The lowest BCUT2D eigenvalue weighted by Gasteiger charge is -2.04. The van der Waals surface area contributed by atoms with E-state index in [1.54, 1.807) is 12.1 Å².